The Balaban J connectivity index is 1.97. The molecule has 0 saturated carbocycles. The summed E-state index contributed by atoms with van der Waals surface area (Å²) in [6.45, 7) is 1.67. The SMILES string of the molecule is COc1ccc(S(=O)(=O)Nc2cc(-n3nnnc3C)ccc2F)cc1Br. The monoisotopic (exact) mass is 441 g/mol. The summed E-state index contributed by atoms with van der Waals surface area (Å²) in [5.41, 5.74) is 0.201. The number of halogens is 2. The van der Waals surface area contributed by atoms with E-state index in [1.165, 1.54) is 42.1 Å². The van der Waals surface area contributed by atoms with Gasteiger partial charge in [0.1, 0.15) is 11.6 Å². The van der Waals surface area contributed by atoms with Crippen LogP contribution in [0.2, 0.25) is 0 Å². The lowest BCUT2D eigenvalue weighted by Gasteiger charge is -2.12. The second kappa shape index (κ2) is 7.00. The molecule has 0 unspecified atom stereocenters. The maximum Gasteiger partial charge on any atom is 0.262 e. The Morgan fingerprint density at radius 3 is 2.62 bits per heavy atom. The molecular formula is C15H13BrFN5O3S. The Labute approximate surface area is 157 Å². The van der Waals surface area contributed by atoms with Crippen LogP contribution >= 0.6 is 15.9 Å². The van der Waals surface area contributed by atoms with Crippen molar-refractivity contribution >= 4 is 31.6 Å². The Kier molecular flexibility index (Phi) is 4.92. The molecule has 3 aromatic rings. The van der Waals surface area contributed by atoms with Crippen LogP contribution in [-0.4, -0.2) is 35.7 Å². The first-order valence-electron chi connectivity index (χ1n) is 7.23. The fourth-order valence-corrected chi connectivity index (χ4v) is 3.99. The van der Waals surface area contributed by atoms with E-state index in [1.54, 1.807) is 6.92 Å². The summed E-state index contributed by atoms with van der Waals surface area (Å²) in [6.07, 6.45) is 0. The Hall–Kier alpha value is -2.53. The molecule has 0 amide bonds. The molecule has 0 saturated heterocycles. The molecule has 11 heteroatoms. The van der Waals surface area contributed by atoms with Crippen LogP contribution in [0.15, 0.2) is 45.8 Å². The number of aromatic nitrogens is 4. The number of ether oxygens (including phenoxy) is 1. The summed E-state index contributed by atoms with van der Waals surface area (Å²) >= 11 is 3.23. The number of nitrogens with one attached hydrogen (secondary N) is 1. The summed E-state index contributed by atoms with van der Waals surface area (Å²) in [4.78, 5) is -0.0476. The van der Waals surface area contributed by atoms with Crippen molar-refractivity contribution in [2.45, 2.75) is 11.8 Å². The van der Waals surface area contributed by atoms with E-state index in [-0.39, 0.29) is 10.6 Å². The van der Waals surface area contributed by atoms with Gasteiger partial charge in [-0.05, 0) is 69.7 Å². The van der Waals surface area contributed by atoms with Gasteiger partial charge in [-0.25, -0.2) is 12.8 Å². The van der Waals surface area contributed by atoms with E-state index < -0.39 is 15.8 Å². The van der Waals surface area contributed by atoms with Crippen molar-refractivity contribution in [2.24, 2.45) is 0 Å². The van der Waals surface area contributed by atoms with Gasteiger partial charge in [-0.3, -0.25) is 4.72 Å². The molecule has 1 N–H and O–H groups in total. The third kappa shape index (κ3) is 3.53. The van der Waals surface area contributed by atoms with Crippen molar-refractivity contribution < 1.29 is 17.5 Å². The van der Waals surface area contributed by atoms with E-state index >= 15 is 0 Å². The van der Waals surface area contributed by atoms with E-state index in [0.717, 1.165) is 6.07 Å². The van der Waals surface area contributed by atoms with Gasteiger partial charge >= 0.3 is 0 Å². The highest BCUT2D eigenvalue weighted by atomic mass is 79.9. The molecule has 0 aliphatic carbocycles. The van der Waals surface area contributed by atoms with Crippen LogP contribution in [0.1, 0.15) is 5.82 Å². The third-order valence-electron chi connectivity index (χ3n) is 3.50. The van der Waals surface area contributed by atoms with Crippen molar-refractivity contribution in [3.63, 3.8) is 0 Å². The molecule has 1 heterocycles. The first-order chi connectivity index (χ1) is 12.3. The summed E-state index contributed by atoms with van der Waals surface area (Å²) in [5, 5.41) is 11.0. The summed E-state index contributed by atoms with van der Waals surface area (Å²) in [7, 11) is -2.55. The first kappa shape index (κ1) is 18.3. The minimum absolute atomic E-state index is 0.0476. The minimum Gasteiger partial charge on any atom is -0.496 e. The molecule has 26 heavy (non-hydrogen) atoms. The number of rotatable bonds is 5. The van der Waals surface area contributed by atoms with Gasteiger partial charge in [-0.1, -0.05) is 0 Å². The first-order valence-corrected chi connectivity index (χ1v) is 9.50. The predicted octanol–water partition coefficient (Wildman–Crippen LogP) is 2.68. The second-order valence-electron chi connectivity index (χ2n) is 5.20. The fourth-order valence-electron chi connectivity index (χ4n) is 2.21. The van der Waals surface area contributed by atoms with Crippen molar-refractivity contribution in [3.05, 3.63) is 52.5 Å². The number of aryl methyl sites for hydroxylation is 1. The van der Waals surface area contributed by atoms with Gasteiger partial charge in [0.2, 0.25) is 0 Å². The van der Waals surface area contributed by atoms with Crippen LogP contribution in [0.5, 0.6) is 5.75 Å². The van der Waals surface area contributed by atoms with Crippen molar-refractivity contribution in [1.82, 2.24) is 20.2 Å². The third-order valence-corrected chi connectivity index (χ3v) is 5.48. The average molecular weight is 442 g/mol. The number of anilines is 1. The molecular weight excluding hydrogens is 429 g/mol. The van der Waals surface area contributed by atoms with E-state index in [2.05, 4.69) is 36.2 Å². The highest BCUT2D eigenvalue weighted by Crippen LogP contribution is 2.29. The molecule has 0 spiro atoms. The summed E-state index contributed by atoms with van der Waals surface area (Å²) in [6, 6.07) is 8.12. The van der Waals surface area contributed by atoms with Crippen molar-refractivity contribution in [2.75, 3.05) is 11.8 Å². The molecule has 0 bridgehead atoms. The average Bonchev–Trinajstić information content (AvgIpc) is 3.02. The van der Waals surface area contributed by atoms with Gasteiger partial charge in [-0.15, -0.1) is 5.10 Å². The van der Waals surface area contributed by atoms with Crippen molar-refractivity contribution in [1.29, 1.82) is 0 Å². The molecule has 0 aliphatic rings. The minimum atomic E-state index is -4.02. The Morgan fingerprint density at radius 1 is 1.23 bits per heavy atom. The fraction of sp³-hybridized carbons (Fsp3) is 0.133. The topological polar surface area (TPSA) is 99.0 Å². The van der Waals surface area contributed by atoms with Crippen LogP contribution in [0.4, 0.5) is 10.1 Å². The van der Waals surface area contributed by atoms with Crippen LogP contribution < -0.4 is 9.46 Å². The lowest BCUT2D eigenvalue weighted by atomic mass is 10.2. The highest BCUT2D eigenvalue weighted by Gasteiger charge is 2.19. The quantitative estimate of drug-likeness (QED) is 0.653. The van der Waals surface area contributed by atoms with Crippen LogP contribution in [-0.2, 0) is 10.0 Å². The number of hydrogen-bond acceptors (Lipinski definition) is 6. The van der Waals surface area contributed by atoms with E-state index in [9.17, 15) is 12.8 Å². The smallest absolute Gasteiger partial charge is 0.262 e. The summed E-state index contributed by atoms with van der Waals surface area (Å²) in [5.74, 6) is 0.228. The largest absolute Gasteiger partial charge is 0.496 e. The predicted molar refractivity (Wildman–Crippen MR) is 95.4 cm³/mol. The molecule has 0 atom stereocenters. The van der Waals surface area contributed by atoms with E-state index in [1.807, 2.05) is 0 Å². The molecule has 0 aliphatic heterocycles. The van der Waals surface area contributed by atoms with Gasteiger partial charge in [0.25, 0.3) is 10.0 Å². The molecule has 136 valence electrons. The summed E-state index contributed by atoms with van der Waals surface area (Å²) < 4.78 is 48.4. The molecule has 2 aromatic carbocycles. The number of methoxy groups -OCH3 is 1. The van der Waals surface area contributed by atoms with Gasteiger partial charge in [0.15, 0.2) is 5.82 Å². The van der Waals surface area contributed by atoms with Gasteiger partial charge in [0.05, 0.1) is 27.9 Å². The maximum atomic E-state index is 14.1. The zero-order chi connectivity index (χ0) is 18.9. The Morgan fingerprint density at radius 2 is 2.00 bits per heavy atom. The zero-order valence-corrected chi connectivity index (χ0v) is 16.0. The molecule has 0 radical (unpaired) electrons. The maximum absolute atomic E-state index is 14.1. The normalized spacial score (nSPS) is 11.4. The number of hydrogen-bond donors (Lipinski definition) is 1. The second-order valence-corrected chi connectivity index (χ2v) is 7.74. The number of tetrazole rings is 1. The standard InChI is InChI=1S/C15H13BrFN5O3S/c1-9-18-20-21-22(9)10-3-5-13(17)14(7-10)19-26(23,24)11-4-6-15(25-2)12(16)8-11/h3-8,19H,1-2H3. The van der Waals surface area contributed by atoms with Gasteiger partial charge < -0.3 is 4.74 Å². The number of benzene rings is 2. The lowest BCUT2D eigenvalue weighted by Crippen LogP contribution is -2.14. The molecule has 1 aromatic heterocycles. The number of nitrogens with zero attached hydrogens (tertiary/aromatic N) is 4. The van der Waals surface area contributed by atoms with E-state index in [4.69, 9.17) is 4.74 Å². The van der Waals surface area contributed by atoms with Crippen LogP contribution in [0, 0.1) is 12.7 Å². The van der Waals surface area contributed by atoms with Gasteiger partial charge in [-0.2, -0.15) is 4.68 Å². The van der Waals surface area contributed by atoms with Gasteiger partial charge in [0, 0.05) is 0 Å². The molecule has 8 nitrogen and oxygen atoms in total. The highest BCUT2D eigenvalue weighted by molar-refractivity contribution is 9.10. The van der Waals surface area contributed by atoms with Crippen molar-refractivity contribution in [3.8, 4) is 11.4 Å². The van der Waals surface area contributed by atoms with E-state index in [0.29, 0.717) is 21.7 Å². The Bertz CT molecular complexity index is 1070. The lowest BCUT2D eigenvalue weighted by molar-refractivity contribution is 0.411. The van der Waals surface area contributed by atoms with Crippen LogP contribution in [0.25, 0.3) is 5.69 Å². The zero-order valence-electron chi connectivity index (χ0n) is 13.6. The van der Waals surface area contributed by atoms with Crippen LogP contribution in [0.3, 0.4) is 0 Å². The molecule has 0 fully saturated rings. The molecule has 3 rings (SSSR count). The number of sulfonamides is 1.